The minimum absolute atomic E-state index is 0.144. The first-order valence-electron chi connectivity index (χ1n) is 8.67. The van der Waals surface area contributed by atoms with E-state index < -0.39 is 0 Å². The summed E-state index contributed by atoms with van der Waals surface area (Å²) in [6.45, 7) is 2.30. The Balaban J connectivity index is 1.75. The largest absolute Gasteiger partial charge is 0.465 e. The molecule has 134 valence electrons. The number of esters is 1. The third-order valence-electron chi connectivity index (χ3n) is 4.38. The second-order valence-corrected chi connectivity index (χ2v) is 6.21. The second-order valence-electron chi connectivity index (χ2n) is 6.21. The molecule has 0 saturated heterocycles. The summed E-state index contributed by atoms with van der Waals surface area (Å²) in [5, 5.41) is 3.55. The van der Waals surface area contributed by atoms with Gasteiger partial charge in [-0.25, -0.2) is 4.79 Å². The van der Waals surface area contributed by atoms with E-state index in [2.05, 4.69) is 41.7 Å². The number of aryl methyl sites for hydroxylation is 1. The van der Waals surface area contributed by atoms with Gasteiger partial charge in [0.1, 0.15) is 17.1 Å². The molecule has 4 nitrogen and oxygen atoms in total. The van der Waals surface area contributed by atoms with Gasteiger partial charge >= 0.3 is 5.97 Å². The quantitative estimate of drug-likeness (QED) is 0.640. The molecule has 3 aromatic rings. The van der Waals surface area contributed by atoms with E-state index in [0.717, 1.165) is 12.2 Å². The van der Waals surface area contributed by atoms with Crippen molar-refractivity contribution in [3.05, 3.63) is 94.9 Å². The molecule has 4 heteroatoms. The van der Waals surface area contributed by atoms with E-state index in [1.165, 1.54) is 18.2 Å². The Morgan fingerprint density at radius 3 is 2.38 bits per heavy atom. The summed E-state index contributed by atoms with van der Waals surface area (Å²) in [7, 11) is 1.37. The Hall–Kier alpha value is -2.85. The summed E-state index contributed by atoms with van der Waals surface area (Å²) < 4.78 is 10.5. The van der Waals surface area contributed by atoms with E-state index in [0.29, 0.717) is 17.9 Å². The van der Waals surface area contributed by atoms with Gasteiger partial charge in [-0.2, -0.15) is 0 Å². The molecule has 0 amide bonds. The van der Waals surface area contributed by atoms with Crippen molar-refractivity contribution in [2.45, 2.75) is 25.9 Å². The first kappa shape index (κ1) is 18.0. The predicted octanol–water partition coefficient (Wildman–Crippen LogP) is 4.45. The van der Waals surface area contributed by atoms with Gasteiger partial charge in [0, 0.05) is 6.04 Å². The number of benzene rings is 2. The van der Waals surface area contributed by atoms with E-state index in [9.17, 15) is 4.79 Å². The number of rotatable bonds is 7. The van der Waals surface area contributed by atoms with Crippen LogP contribution in [0.3, 0.4) is 0 Å². The summed E-state index contributed by atoms with van der Waals surface area (Å²) in [5.74, 6) is 0.922. The van der Waals surface area contributed by atoms with Crippen molar-refractivity contribution in [1.82, 2.24) is 5.32 Å². The first-order chi connectivity index (χ1) is 12.7. The number of methoxy groups -OCH3 is 1. The van der Waals surface area contributed by atoms with E-state index in [-0.39, 0.29) is 12.0 Å². The van der Waals surface area contributed by atoms with E-state index >= 15 is 0 Å². The van der Waals surface area contributed by atoms with Gasteiger partial charge in [-0.05, 0) is 30.5 Å². The molecule has 2 aromatic carbocycles. The van der Waals surface area contributed by atoms with Gasteiger partial charge in [0.15, 0.2) is 0 Å². The van der Waals surface area contributed by atoms with E-state index in [4.69, 9.17) is 9.15 Å². The van der Waals surface area contributed by atoms with E-state index in [1.54, 1.807) is 13.0 Å². The summed E-state index contributed by atoms with van der Waals surface area (Å²) in [4.78, 5) is 11.7. The minimum atomic E-state index is -0.374. The van der Waals surface area contributed by atoms with Crippen LogP contribution in [-0.2, 0) is 17.7 Å². The number of carbonyl (C=O) groups excluding carboxylic acids is 1. The SMILES string of the molecule is COC(=O)c1cc(CNC(Cc2ccccc2)c2ccccc2)oc1C. The average Bonchev–Trinajstić information content (AvgIpc) is 3.06. The monoisotopic (exact) mass is 349 g/mol. The topological polar surface area (TPSA) is 51.5 Å². The van der Waals surface area contributed by atoms with Crippen molar-refractivity contribution in [1.29, 1.82) is 0 Å². The fourth-order valence-electron chi connectivity index (χ4n) is 3.01. The lowest BCUT2D eigenvalue weighted by Gasteiger charge is -2.19. The van der Waals surface area contributed by atoms with Gasteiger partial charge in [-0.3, -0.25) is 0 Å². The number of hydrogen-bond donors (Lipinski definition) is 1. The molecule has 1 N–H and O–H groups in total. The Kier molecular flexibility index (Phi) is 5.87. The summed E-state index contributed by atoms with van der Waals surface area (Å²) in [6, 6.07) is 22.6. The highest BCUT2D eigenvalue weighted by molar-refractivity contribution is 5.90. The zero-order chi connectivity index (χ0) is 18.4. The fraction of sp³-hybridized carbons (Fsp3) is 0.227. The molecule has 0 aliphatic carbocycles. The number of ether oxygens (including phenoxy) is 1. The van der Waals surface area contributed by atoms with Crippen LogP contribution in [0.15, 0.2) is 71.1 Å². The van der Waals surface area contributed by atoms with Gasteiger partial charge in [-0.1, -0.05) is 60.7 Å². The molecule has 0 fully saturated rings. The molecule has 1 unspecified atom stereocenters. The smallest absolute Gasteiger partial charge is 0.341 e. The maximum Gasteiger partial charge on any atom is 0.341 e. The predicted molar refractivity (Wildman–Crippen MR) is 101 cm³/mol. The summed E-state index contributed by atoms with van der Waals surface area (Å²) in [5.41, 5.74) is 2.95. The van der Waals surface area contributed by atoms with Crippen LogP contribution < -0.4 is 5.32 Å². The number of hydrogen-bond acceptors (Lipinski definition) is 4. The van der Waals surface area contributed by atoms with Crippen LogP contribution in [0.5, 0.6) is 0 Å². The van der Waals surface area contributed by atoms with Crippen molar-refractivity contribution in [3.8, 4) is 0 Å². The molecule has 0 aliphatic rings. The van der Waals surface area contributed by atoms with Gasteiger partial charge in [0.05, 0.1) is 13.7 Å². The van der Waals surface area contributed by atoms with Gasteiger partial charge in [0.25, 0.3) is 0 Å². The van der Waals surface area contributed by atoms with Crippen molar-refractivity contribution in [2.24, 2.45) is 0 Å². The fourth-order valence-corrected chi connectivity index (χ4v) is 3.01. The maximum absolute atomic E-state index is 11.7. The lowest BCUT2D eigenvalue weighted by Crippen LogP contribution is -2.22. The Morgan fingerprint density at radius 1 is 1.08 bits per heavy atom. The lowest BCUT2D eigenvalue weighted by atomic mass is 9.99. The minimum Gasteiger partial charge on any atom is -0.465 e. The maximum atomic E-state index is 11.7. The Bertz CT molecular complexity index is 840. The number of nitrogens with one attached hydrogen (secondary N) is 1. The molecule has 0 radical (unpaired) electrons. The Labute approximate surface area is 153 Å². The molecule has 1 atom stereocenters. The molecular formula is C22H23NO3. The van der Waals surface area contributed by atoms with Crippen molar-refractivity contribution in [2.75, 3.05) is 7.11 Å². The zero-order valence-electron chi connectivity index (χ0n) is 15.1. The molecular weight excluding hydrogens is 326 g/mol. The molecule has 0 aliphatic heterocycles. The average molecular weight is 349 g/mol. The second kappa shape index (κ2) is 8.50. The van der Waals surface area contributed by atoms with Gasteiger partial charge in [-0.15, -0.1) is 0 Å². The molecule has 0 bridgehead atoms. The standard InChI is InChI=1S/C22H23NO3/c1-16-20(22(24)25-2)14-19(26-16)15-23-21(18-11-7-4-8-12-18)13-17-9-5-3-6-10-17/h3-12,14,21,23H,13,15H2,1-2H3. The van der Waals surface area contributed by atoms with Crippen LogP contribution in [0, 0.1) is 6.92 Å². The van der Waals surface area contributed by atoms with Crippen molar-refractivity contribution >= 4 is 5.97 Å². The molecule has 26 heavy (non-hydrogen) atoms. The highest BCUT2D eigenvalue weighted by Crippen LogP contribution is 2.21. The van der Waals surface area contributed by atoms with Gasteiger partial charge in [0.2, 0.25) is 0 Å². The third kappa shape index (κ3) is 4.41. The van der Waals surface area contributed by atoms with Crippen LogP contribution in [0.2, 0.25) is 0 Å². The lowest BCUT2D eigenvalue weighted by molar-refractivity contribution is 0.0599. The highest BCUT2D eigenvalue weighted by atomic mass is 16.5. The number of furan rings is 1. The van der Waals surface area contributed by atoms with Crippen molar-refractivity contribution in [3.63, 3.8) is 0 Å². The van der Waals surface area contributed by atoms with Crippen LogP contribution in [-0.4, -0.2) is 13.1 Å². The first-order valence-corrected chi connectivity index (χ1v) is 8.67. The Morgan fingerprint density at radius 2 is 1.73 bits per heavy atom. The third-order valence-corrected chi connectivity index (χ3v) is 4.38. The van der Waals surface area contributed by atoms with Crippen LogP contribution in [0.4, 0.5) is 0 Å². The number of carbonyl (C=O) groups is 1. The van der Waals surface area contributed by atoms with Crippen LogP contribution in [0.25, 0.3) is 0 Å². The van der Waals surface area contributed by atoms with Crippen LogP contribution in [0.1, 0.15) is 39.0 Å². The van der Waals surface area contributed by atoms with Crippen LogP contribution >= 0.6 is 0 Å². The van der Waals surface area contributed by atoms with Gasteiger partial charge < -0.3 is 14.5 Å². The molecule has 1 aromatic heterocycles. The normalized spacial score (nSPS) is 11.9. The zero-order valence-corrected chi connectivity index (χ0v) is 15.1. The summed E-state index contributed by atoms with van der Waals surface area (Å²) >= 11 is 0. The molecule has 0 spiro atoms. The molecule has 1 heterocycles. The van der Waals surface area contributed by atoms with Crippen molar-refractivity contribution < 1.29 is 13.9 Å². The molecule has 0 saturated carbocycles. The van der Waals surface area contributed by atoms with E-state index in [1.807, 2.05) is 24.3 Å². The molecule has 3 rings (SSSR count). The highest BCUT2D eigenvalue weighted by Gasteiger charge is 2.17. The summed E-state index contributed by atoms with van der Waals surface area (Å²) in [6.07, 6.45) is 0.869.